The lowest BCUT2D eigenvalue weighted by Crippen LogP contribution is -2.06. The van der Waals surface area contributed by atoms with Crippen molar-refractivity contribution in [3.63, 3.8) is 0 Å². The van der Waals surface area contributed by atoms with E-state index < -0.39 is 0 Å². The molecule has 0 atom stereocenters. The number of anilines is 1. The van der Waals surface area contributed by atoms with Crippen molar-refractivity contribution in [2.45, 2.75) is 13.3 Å². The van der Waals surface area contributed by atoms with E-state index in [1.54, 1.807) is 0 Å². The number of rotatable bonds is 4. The van der Waals surface area contributed by atoms with Gasteiger partial charge in [-0.15, -0.1) is 0 Å². The number of aryl methyl sites for hydroxylation is 1. The second-order valence-corrected chi connectivity index (χ2v) is 4.86. The molecule has 0 aliphatic heterocycles. The molecule has 88 valence electrons. The van der Waals surface area contributed by atoms with E-state index in [1.807, 2.05) is 19.2 Å². The fourth-order valence-corrected chi connectivity index (χ4v) is 2.24. The number of hydrogen-bond donors (Lipinski definition) is 1. The van der Waals surface area contributed by atoms with E-state index in [-0.39, 0.29) is 0 Å². The van der Waals surface area contributed by atoms with Gasteiger partial charge < -0.3 is 5.32 Å². The van der Waals surface area contributed by atoms with Crippen molar-refractivity contribution < 1.29 is 0 Å². The summed E-state index contributed by atoms with van der Waals surface area (Å²) in [6.45, 7) is 2.92. The van der Waals surface area contributed by atoms with Crippen LogP contribution < -0.4 is 5.32 Å². The normalized spacial score (nSPS) is 10.2. The molecular weight excluding hydrogens is 276 g/mol. The summed E-state index contributed by atoms with van der Waals surface area (Å²) < 4.78 is 1.02. The second kappa shape index (κ2) is 5.82. The molecule has 0 unspecified atom stereocenters. The minimum Gasteiger partial charge on any atom is -0.369 e. The standard InChI is InChI=1S/C14H15BrN2/c1-11-9-13(15)14(17-10-11)16-8-7-12-5-3-2-4-6-12/h2-6,9-10H,7-8H2,1H3,(H,16,17). The van der Waals surface area contributed by atoms with Gasteiger partial charge >= 0.3 is 0 Å². The summed E-state index contributed by atoms with van der Waals surface area (Å²) >= 11 is 3.51. The summed E-state index contributed by atoms with van der Waals surface area (Å²) in [5.41, 5.74) is 2.49. The first kappa shape index (κ1) is 12.1. The molecule has 1 aromatic carbocycles. The van der Waals surface area contributed by atoms with E-state index in [0.29, 0.717) is 0 Å². The molecule has 17 heavy (non-hydrogen) atoms. The molecule has 1 aromatic heterocycles. The van der Waals surface area contributed by atoms with Crippen molar-refractivity contribution in [1.29, 1.82) is 0 Å². The number of benzene rings is 1. The maximum absolute atomic E-state index is 4.35. The summed E-state index contributed by atoms with van der Waals surface area (Å²) in [5, 5.41) is 3.33. The fraction of sp³-hybridized carbons (Fsp3) is 0.214. The molecule has 0 spiro atoms. The van der Waals surface area contributed by atoms with Crippen LogP contribution in [0.3, 0.4) is 0 Å². The number of nitrogens with one attached hydrogen (secondary N) is 1. The first-order chi connectivity index (χ1) is 8.25. The molecule has 0 aliphatic carbocycles. The highest BCUT2D eigenvalue weighted by Gasteiger charge is 2.00. The Morgan fingerprint density at radius 1 is 1.24 bits per heavy atom. The summed E-state index contributed by atoms with van der Waals surface area (Å²) in [6.07, 6.45) is 2.87. The molecule has 3 heteroatoms. The Morgan fingerprint density at radius 2 is 2.00 bits per heavy atom. The first-order valence-corrected chi connectivity index (χ1v) is 6.45. The average Bonchev–Trinajstić information content (AvgIpc) is 2.33. The largest absolute Gasteiger partial charge is 0.369 e. The van der Waals surface area contributed by atoms with Crippen LogP contribution in [0.2, 0.25) is 0 Å². The van der Waals surface area contributed by atoms with E-state index in [1.165, 1.54) is 5.56 Å². The van der Waals surface area contributed by atoms with E-state index >= 15 is 0 Å². The molecule has 0 amide bonds. The average molecular weight is 291 g/mol. The highest BCUT2D eigenvalue weighted by atomic mass is 79.9. The lowest BCUT2D eigenvalue weighted by Gasteiger charge is -2.08. The van der Waals surface area contributed by atoms with Crippen LogP contribution in [0.25, 0.3) is 0 Å². The number of aromatic nitrogens is 1. The zero-order chi connectivity index (χ0) is 12.1. The molecule has 0 saturated heterocycles. The van der Waals surface area contributed by atoms with Crippen molar-refractivity contribution in [1.82, 2.24) is 4.98 Å². The fourth-order valence-electron chi connectivity index (χ4n) is 1.63. The van der Waals surface area contributed by atoms with Gasteiger partial charge in [0.15, 0.2) is 0 Å². The van der Waals surface area contributed by atoms with Crippen molar-refractivity contribution in [3.8, 4) is 0 Å². The van der Waals surface area contributed by atoms with Gasteiger partial charge in [0, 0.05) is 12.7 Å². The second-order valence-electron chi connectivity index (χ2n) is 4.01. The summed E-state index contributed by atoms with van der Waals surface area (Å²) in [4.78, 5) is 4.35. The summed E-state index contributed by atoms with van der Waals surface area (Å²) in [7, 11) is 0. The molecule has 2 rings (SSSR count). The summed E-state index contributed by atoms with van der Waals surface area (Å²) in [5.74, 6) is 0.909. The highest BCUT2D eigenvalue weighted by molar-refractivity contribution is 9.10. The Balaban J connectivity index is 1.90. The Morgan fingerprint density at radius 3 is 2.71 bits per heavy atom. The van der Waals surface area contributed by atoms with Gasteiger partial charge in [0.25, 0.3) is 0 Å². The van der Waals surface area contributed by atoms with Crippen LogP contribution in [-0.2, 0) is 6.42 Å². The molecule has 1 N–H and O–H groups in total. The molecular formula is C14H15BrN2. The Bertz CT molecular complexity index is 483. The van der Waals surface area contributed by atoms with Gasteiger partial charge in [-0.1, -0.05) is 30.3 Å². The maximum Gasteiger partial charge on any atom is 0.140 e. The van der Waals surface area contributed by atoms with E-state index in [2.05, 4.69) is 56.6 Å². The number of nitrogens with zero attached hydrogens (tertiary/aromatic N) is 1. The monoisotopic (exact) mass is 290 g/mol. The van der Waals surface area contributed by atoms with Gasteiger partial charge in [0.1, 0.15) is 5.82 Å². The topological polar surface area (TPSA) is 24.9 Å². The van der Waals surface area contributed by atoms with Crippen molar-refractivity contribution >= 4 is 21.7 Å². The Hall–Kier alpha value is -1.35. The van der Waals surface area contributed by atoms with Crippen molar-refractivity contribution in [3.05, 3.63) is 58.2 Å². The number of pyridine rings is 1. The molecule has 0 saturated carbocycles. The quantitative estimate of drug-likeness (QED) is 0.926. The van der Waals surface area contributed by atoms with E-state index in [0.717, 1.165) is 28.8 Å². The SMILES string of the molecule is Cc1cnc(NCCc2ccccc2)c(Br)c1. The zero-order valence-electron chi connectivity index (χ0n) is 9.78. The minimum absolute atomic E-state index is 0.888. The third kappa shape index (κ3) is 3.56. The molecule has 0 aliphatic rings. The van der Waals surface area contributed by atoms with Crippen LogP contribution >= 0.6 is 15.9 Å². The first-order valence-electron chi connectivity index (χ1n) is 5.65. The van der Waals surface area contributed by atoms with Crippen LogP contribution in [-0.4, -0.2) is 11.5 Å². The van der Waals surface area contributed by atoms with Crippen molar-refractivity contribution in [2.75, 3.05) is 11.9 Å². The number of hydrogen-bond acceptors (Lipinski definition) is 2. The van der Waals surface area contributed by atoms with Gasteiger partial charge in [-0.25, -0.2) is 4.98 Å². The third-order valence-corrected chi connectivity index (χ3v) is 3.13. The van der Waals surface area contributed by atoms with Gasteiger partial charge in [-0.05, 0) is 46.5 Å². The van der Waals surface area contributed by atoms with Crippen LogP contribution in [0.4, 0.5) is 5.82 Å². The minimum atomic E-state index is 0.888. The smallest absolute Gasteiger partial charge is 0.140 e. The lowest BCUT2D eigenvalue weighted by atomic mass is 10.1. The highest BCUT2D eigenvalue weighted by Crippen LogP contribution is 2.20. The lowest BCUT2D eigenvalue weighted by molar-refractivity contribution is 1.00. The molecule has 2 aromatic rings. The van der Waals surface area contributed by atoms with Gasteiger partial charge in [0.2, 0.25) is 0 Å². The number of halogens is 1. The van der Waals surface area contributed by atoms with Gasteiger partial charge in [-0.2, -0.15) is 0 Å². The Labute approximate surface area is 110 Å². The molecule has 0 bridgehead atoms. The summed E-state index contributed by atoms with van der Waals surface area (Å²) in [6, 6.07) is 12.5. The van der Waals surface area contributed by atoms with Gasteiger partial charge in [0.05, 0.1) is 4.47 Å². The molecule has 0 radical (unpaired) electrons. The van der Waals surface area contributed by atoms with E-state index in [4.69, 9.17) is 0 Å². The zero-order valence-corrected chi connectivity index (χ0v) is 11.4. The van der Waals surface area contributed by atoms with Crippen molar-refractivity contribution in [2.24, 2.45) is 0 Å². The maximum atomic E-state index is 4.35. The van der Waals surface area contributed by atoms with Crippen LogP contribution in [0.15, 0.2) is 47.1 Å². The third-order valence-electron chi connectivity index (χ3n) is 2.53. The molecule has 0 fully saturated rings. The Kier molecular flexibility index (Phi) is 4.15. The van der Waals surface area contributed by atoms with Gasteiger partial charge in [-0.3, -0.25) is 0 Å². The van der Waals surface area contributed by atoms with E-state index in [9.17, 15) is 0 Å². The van der Waals surface area contributed by atoms with Crippen LogP contribution in [0.1, 0.15) is 11.1 Å². The van der Waals surface area contributed by atoms with Crippen LogP contribution in [0.5, 0.6) is 0 Å². The van der Waals surface area contributed by atoms with Crippen LogP contribution in [0, 0.1) is 6.92 Å². The molecule has 1 heterocycles. The molecule has 2 nitrogen and oxygen atoms in total. The predicted molar refractivity (Wildman–Crippen MR) is 75.3 cm³/mol. The predicted octanol–water partition coefficient (Wildman–Crippen LogP) is 3.81.